The van der Waals surface area contributed by atoms with Crippen molar-refractivity contribution in [1.82, 2.24) is 9.21 Å². The summed E-state index contributed by atoms with van der Waals surface area (Å²) in [4.78, 5) is 15.1. The van der Waals surface area contributed by atoms with Crippen LogP contribution in [0.15, 0.2) is 65.6 Å². The highest BCUT2D eigenvalue weighted by molar-refractivity contribution is 7.97. The summed E-state index contributed by atoms with van der Waals surface area (Å²) in [6, 6.07) is 19.0. The number of aryl methyl sites for hydroxylation is 1. The maximum Gasteiger partial charge on any atom is 0.256 e. The van der Waals surface area contributed by atoms with Crippen LogP contribution in [0.1, 0.15) is 21.5 Å². The van der Waals surface area contributed by atoms with Crippen molar-refractivity contribution in [3.8, 4) is 17.6 Å². The van der Waals surface area contributed by atoms with Gasteiger partial charge in [-0.25, -0.2) is 8.70 Å². The van der Waals surface area contributed by atoms with Gasteiger partial charge in [0.05, 0.1) is 22.1 Å². The molecule has 1 saturated heterocycles. The van der Waals surface area contributed by atoms with Gasteiger partial charge in [-0.2, -0.15) is 5.26 Å². The number of rotatable bonds is 5. The number of hydrogen-bond donors (Lipinski definition) is 0. The third-order valence-corrected chi connectivity index (χ3v) is 6.53. The van der Waals surface area contributed by atoms with Crippen LogP contribution in [0.2, 0.25) is 5.02 Å². The minimum absolute atomic E-state index is 0.0906. The Morgan fingerprint density at radius 1 is 1.09 bits per heavy atom. The quantitative estimate of drug-likeness (QED) is 0.423. The summed E-state index contributed by atoms with van der Waals surface area (Å²) in [6.07, 6.45) is 0. The van der Waals surface area contributed by atoms with Crippen molar-refractivity contribution in [1.29, 1.82) is 5.26 Å². The van der Waals surface area contributed by atoms with E-state index in [-0.39, 0.29) is 11.5 Å². The van der Waals surface area contributed by atoms with Crippen molar-refractivity contribution < 1.29 is 13.9 Å². The van der Waals surface area contributed by atoms with E-state index in [2.05, 4.69) is 10.4 Å². The highest BCUT2D eigenvalue weighted by atomic mass is 35.5. The molecule has 3 aromatic rings. The molecule has 8 heteroatoms. The van der Waals surface area contributed by atoms with E-state index in [9.17, 15) is 14.4 Å². The topological polar surface area (TPSA) is 56.6 Å². The second kappa shape index (κ2) is 10.3. The molecule has 0 radical (unpaired) electrons. The van der Waals surface area contributed by atoms with E-state index >= 15 is 0 Å². The molecule has 0 spiro atoms. The molecular weight excluding hydrogens is 461 g/mol. The Hall–Kier alpha value is -3.05. The Balaban J connectivity index is 1.46. The molecule has 0 atom stereocenters. The number of nitrogens with zero attached hydrogens (tertiary/aromatic N) is 3. The summed E-state index contributed by atoms with van der Waals surface area (Å²) in [5, 5.41) is 9.93. The molecule has 0 N–H and O–H groups in total. The zero-order valence-corrected chi connectivity index (χ0v) is 19.5. The van der Waals surface area contributed by atoms with Crippen LogP contribution in [0.3, 0.4) is 0 Å². The first-order valence-corrected chi connectivity index (χ1v) is 11.5. The molecule has 0 aromatic heterocycles. The smallest absolute Gasteiger partial charge is 0.256 e. The average molecular weight is 482 g/mol. The summed E-state index contributed by atoms with van der Waals surface area (Å²) in [5.74, 6) is 0.424. The molecule has 0 bridgehead atoms. The van der Waals surface area contributed by atoms with Gasteiger partial charge in [-0.15, -0.1) is 0 Å². The third kappa shape index (κ3) is 5.66. The van der Waals surface area contributed by atoms with Gasteiger partial charge in [0, 0.05) is 31.2 Å². The van der Waals surface area contributed by atoms with Crippen molar-refractivity contribution in [3.05, 3.63) is 88.2 Å². The minimum atomic E-state index is -0.509. The Morgan fingerprint density at radius 3 is 2.55 bits per heavy atom. The number of halogens is 2. The van der Waals surface area contributed by atoms with Gasteiger partial charge in [-0.05, 0) is 73.0 Å². The monoisotopic (exact) mass is 481 g/mol. The first-order valence-electron chi connectivity index (χ1n) is 10.4. The number of benzene rings is 3. The number of nitriles is 1. The predicted octanol–water partition coefficient (Wildman–Crippen LogP) is 5.92. The van der Waals surface area contributed by atoms with Gasteiger partial charge < -0.3 is 9.64 Å². The molecule has 3 aromatic carbocycles. The van der Waals surface area contributed by atoms with E-state index in [1.807, 2.05) is 19.1 Å². The van der Waals surface area contributed by atoms with E-state index in [1.54, 1.807) is 41.3 Å². The van der Waals surface area contributed by atoms with Crippen molar-refractivity contribution in [2.75, 3.05) is 26.2 Å². The summed E-state index contributed by atoms with van der Waals surface area (Å²) >= 11 is 7.63. The van der Waals surface area contributed by atoms with Crippen LogP contribution in [0, 0.1) is 24.1 Å². The van der Waals surface area contributed by atoms with Gasteiger partial charge >= 0.3 is 0 Å². The molecule has 0 aliphatic carbocycles. The number of carbonyl (C=O) groups is 1. The van der Waals surface area contributed by atoms with Crippen molar-refractivity contribution in [3.63, 3.8) is 0 Å². The van der Waals surface area contributed by atoms with Crippen molar-refractivity contribution in [2.24, 2.45) is 0 Å². The minimum Gasteiger partial charge on any atom is -0.456 e. The predicted molar refractivity (Wildman–Crippen MR) is 127 cm³/mol. The van der Waals surface area contributed by atoms with E-state index < -0.39 is 5.82 Å². The van der Waals surface area contributed by atoms with Crippen LogP contribution in [-0.2, 0) is 0 Å². The number of amides is 1. The first kappa shape index (κ1) is 23.1. The number of piperazine rings is 1. The fourth-order valence-electron chi connectivity index (χ4n) is 3.55. The molecule has 1 aliphatic heterocycles. The van der Waals surface area contributed by atoms with E-state index in [0.29, 0.717) is 48.3 Å². The maximum atomic E-state index is 14.0. The molecule has 1 aliphatic rings. The molecule has 1 heterocycles. The summed E-state index contributed by atoms with van der Waals surface area (Å²) in [5.41, 5.74) is 1.60. The molecule has 1 fully saturated rings. The van der Waals surface area contributed by atoms with Crippen LogP contribution in [0.25, 0.3) is 0 Å². The fourth-order valence-corrected chi connectivity index (χ4v) is 4.83. The van der Waals surface area contributed by atoms with Crippen LogP contribution in [0.5, 0.6) is 11.5 Å². The second-order valence-corrected chi connectivity index (χ2v) is 9.21. The molecule has 4 rings (SSSR count). The highest BCUT2D eigenvalue weighted by Crippen LogP contribution is 2.37. The lowest BCUT2D eigenvalue weighted by Gasteiger charge is -2.34. The van der Waals surface area contributed by atoms with Gasteiger partial charge in [-0.3, -0.25) is 4.79 Å². The maximum absolute atomic E-state index is 14.0. The largest absolute Gasteiger partial charge is 0.456 e. The lowest BCUT2D eigenvalue weighted by Crippen LogP contribution is -2.46. The fraction of sp³-hybridized carbons (Fsp3) is 0.200. The van der Waals surface area contributed by atoms with Crippen LogP contribution >= 0.6 is 23.5 Å². The normalized spacial score (nSPS) is 14.1. The number of hydrogen-bond acceptors (Lipinski definition) is 5. The molecule has 5 nitrogen and oxygen atoms in total. The second-order valence-electron chi connectivity index (χ2n) is 7.63. The van der Waals surface area contributed by atoms with Gasteiger partial charge in [0.1, 0.15) is 17.3 Å². The Bertz CT molecular complexity index is 1200. The molecule has 168 valence electrons. The SMILES string of the molecule is Cc1cc(Cl)cc(Oc2ccc(C#N)cc2SN2CCN(C(=O)c3ccccc3F)CC2)c1. The Kier molecular flexibility index (Phi) is 7.19. The summed E-state index contributed by atoms with van der Waals surface area (Å²) < 4.78 is 22.2. The van der Waals surface area contributed by atoms with E-state index in [0.717, 1.165) is 10.5 Å². The number of carbonyl (C=O) groups excluding carboxylic acids is 1. The van der Waals surface area contributed by atoms with Crippen LogP contribution in [0.4, 0.5) is 4.39 Å². The number of ether oxygens (including phenoxy) is 1. The Morgan fingerprint density at radius 2 is 1.85 bits per heavy atom. The molecule has 33 heavy (non-hydrogen) atoms. The molecular formula is C25H21ClFN3O2S. The average Bonchev–Trinajstić information content (AvgIpc) is 2.80. The Labute approximate surface area is 201 Å². The molecule has 0 saturated carbocycles. The van der Waals surface area contributed by atoms with Gasteiger partial charge in [-0.1, -0.05) is 23.7 Å². The van der Waals surface area contributed by atoms with Crippen LogP contribution < -0.4 is 4.74 Å². The first-order chi connectivity index (χ1) is 15.9. The lowest BCUT2D eigenvalue weighted by atomic mass is 10.1. The van der Waals surface area contributed by atoms with E-state index in [4.69, 9.17) is 16.3 Å². The van der Waals surface area contributed by atoms with Gasteiger partial charge in [0.25, 0.3) is 5.91 Å². The van der Waals surface area contributed by atoms with Gasteiger partial charge in [0.15, 0.2) is 0 Å². The highest BCUT2D eigenvalue weighted by Gasteiger charge is 2.25. The lowest BCUT2D eigenvalue weighted by molar-refractivity contribution is 0.0699. The zero-order valence-electron chi connectivity index (χ0n) is 17.9. The van der Waals surface area contributed by atoms with Gasteiger partial charge in [0.2, 0.25) is 0 Å². The molecule has 1 amide bonds. The summed E-state index contributed by atoms with van der Waals surface area (Å²) in [6.45, 7) is 4.08. The van der Waals surface area contributed by atoms with E-state index in [1.165, 1.54) is 24.1 Å². The zero-order chi connectivity index (χ0) is 23.4. The third-order valence-electron chi connectivity index (χ3n) is 5.17. The van der Waals surface area contributed by atoms with Crippen LogP contribution in [-0.4, -0.2) is 41.3 Å². The summed E-state index contributed by atoms with van der Waals surface area (Å²) in [7, 11) is 0. The molecule has 0 unspecified atom stereocenters. The van der Waals surface area contributed by atoms with Crippen molar-refractivity contribution in [2.45, 2.75) is 11.8 Å². The standard InChI is InChI=1S/C25H21ClFN3O2S/c1-17-12-19(26)15-20(13-17)32-23-7-6-18(16-28)14-24(23)33-30-10-8-29(9-11-30)25(31)21-4-2-3-5-22(21)27/h2-7,12-15H,8-11H2,1H3. The van der Waals surface area contributed by atoms with Crippen molar-refractivity contribution >= 4 is 29.5 Å².